The Kier molecular flexibility index (Phi) is 6.09. The molecule has 32 heavy (non-hydrogen) atoms. The summed E-state index contributed by atoms with van der Waals surface area (Å²) in [6, 6.07) is 9.94. The minimum atomic E-state index is -0.479. The Morgan fingerprint density at radius 2 is 1.78 bits per heavy atom. The first-order valence-corrected chi connectivity index (χ1v) is 11.2. The highest BCUT2D eigenvalue weighted by molar-refractivity contribution is 5.94. The Bertz CT molecular complexity index is 987. The molecule has 0 saturated carbocycles. The quantitative estimate of drug-likeness (QED) is 0.792. The number of benzene rings is 1. The third-order valence-corrected chi connectivity index (χ3v) is 6.19. The van der Waals surface area contributed by atoms with Crippen molar-refractivity contribution in [3.8, 4) is 0 Å². The first kappa shape index (κ1) is 22.1. The SMILES string of the molecule is Cc1ccccc1CNC(=O)c1cncc(N2CC3CN(C(=O)OC(C)(C)C)CC3C2)c1. The maximum atomic E-state index is 12.7. The lowest BCUT2D eigenvalue weighted by molar-refractivity contribution is 0.0282. The lowest BCUT2D eigenvalue weighted by atomic mass is 10.0. The summed E-state index contributed by atoms with van der Waals surface area (Å²) in [5.74, 6) is 0.681. The van der Waals surface area contributed by atoms with Crippen LogP contribution in [0.25, 0.3) is 0 Å². The van der Waals surface area contributed by atoms with Crippen LogP contribution < -0.4 is 10.2 Å². The number of nitrogens with one attached hydrogen (secondary N) is 1. The molecule has 170 valence electrons. The first-order valence-electron chi connectivity index (χ1n) is 11.2. The molecule has 0 bridgehead atoms. The molecule has 1 N–H and O–H groups in total. The molecule has 2 atom stereocenters. The molecule has 2 aliphatic heterocycles. The fraction of sp³-hybridized carbons (Fsp3) is 0.480. The molecule has 2 fully saturated rings. The summed E-state index contributed by atoms with van der Waals surface area (Å²) in [5.41, 5.74) is 3.29. The molecule has 2 saturated heterocycles. The predicted octanol–water partition coefficient (Wildman–Crippen LogP) is 3.62. The topological polar surface area (TPSA) is 74.8 Å². The second-order valence-corrected chi connectivity index (χ2v) is 9.85. The Labute approximate surface area is 189 Å². The van der Waals surface area contributed by atoms with Crippen LogP contribution in [0.1, 0.15) is 42.3 Å². The first-order chi connectivity index (χ1) is 15.2. The highest BCUT2D eigenvalue weighted by atomic mass is 16.6. The Balaban J connectivity index is 1.34. The van der Waals surface area contributed by atoms with Gasteiger partial charge in [0.05, 0.1) is 17.4 Å². The molecular formula is C25H32N4O3. The Morgan fingerprint density at radius 1 is 1.09 bits per heavy atom. The van der Waals surface area contributed by atoms with E-state index in [1.165, 1.54) is 0 Å². The van der Waals surface area contributed by atoms with E-state index in [2.05, 4.69) is 15.2 Å². The lowest BCUT2D eigenvalue weighted by Gasteiger charge is -2.26. The number of nitrogens with zero attached hydrogens (tertiary/aromatic N) is 3. The molecule has 3 heterocycles. The molecule has 2 aromatic rings. The minimum Gasteiger partial charge on any atom is -0.444 e. The van der Waals surface area contributed by atoms with Crippen molar-refractivity contribution < 1.29 is 14.3 Å². The van der Waals surface area contributed by atoms with Crippen LogP contribution >= 0.6 is 0 Å². The van der Waals surface area contributed by atoms with Crippen LogP contribution in [0.4, 0.5) is 10.5 Å². The van der Waals surface area contributed by atoms with Gasteiger partial charge in [-0.1, -0.05) is 24.3 Å². The average molecular weight is 437 g/mol. The number of amides is 2. The van der Waals surface area contributed by atoms with Gasteiger partial charge in [0, 0.05) is 50.8 Å². The summed E-state index contributed by atoms with van der Waals surface area (Å²) >= 11 is 0. The van der Waals surface area contributed by atoms with Gasteiger partial charge in [-0.3, -0.25) is 9.78 Å². The van der Waals surface area contributed by atoms with Gasteiger partial charge < -0.3 is 19.9 Å². The van der Waals surface area contributed by atoms with Crippen molar-refractivity contribution in [2.75, 3.05) is 31.1 Å². The van der Waals surface area contributed by atoms with Crippen molar-refractivity contribution in [1.82, 2.24) is 15.2 Å². The number of aromatic nitrogens is 1. The van der Waals surface area contributed by atoms with E-state index in [9.17, 15) is 9.59 Å². The monoisotopic (exact) mass is 436 g/mol. The molecule has 7 heteroatoms. The average Bonchev–Trinajstić information content (AvgIpc) is 3.31. The number of rotatable bonds is 4. The molecule has 0 spiro atoms. The molecule has 2 amide bonds. The van der Waals surface area contributed by atoms with Crippen molar-refractivity contribution in [2.45, 2.75) is 39.8 Å². The summed E-state index contributed by atoms with van der Waals surface area (Å²) in [7, 11) is 0. The van der Waals surface area contributed by atoms with E-state index in [4.69, 9.17) is 4.74 Å². The number of carbonyl (C=O) groups excluding carboxylic acids is 2. The van der Waals surface area contributed by atoms with Crippen molar-refractivity contribution in [3.63, 3.8) is 0 Å². The number of carbonyl (C=O) groups is 2. The number of ether oxygens (including phenoxy) is 1. The van der Waals surface area contributed by atoms with Gasteiger partial charge in [0.25, 0.3) is 5.91 Å². The fourth-order valence-corrected chi connectivity index (χ4v) is 4.49. The normalized spacial score (nSPS) is 20.2. The molecule has 1 aromatic heterocycles. The Morgan fingerprint density at radius 3 is 2.44 bits per heavy atom. The van der Waals surface area contributed by atoms with Gasteiger partial charge in [0.15, 0.2) is 0 Å². The molecule has 0 aliphatic carbocycles. The van der Waals surface area contributed by atoms with Crippen molar-refractivity contribution in [3.05, 3.63) is 59.4 Å². The second kappa shape index (κ2) is 8.81. The standard InChI is InChI=1S/C25H32N4O3/c1-17-7-5-6-8-18(17)11-27-23(30)19-9-22(12-26-10-19)28-13-20-15-29(16-21(20)14-28)24(31)32-25(2,3)4/h5-10,12,20-21H,11,13-16H2,1-4H3,(H,27,30). The zero-order chi connectivity index (χ0) is 22.9. The molecule has 4 rings (SSSR count). The Hall–Kier alpha value is -3.09. The van der Waals surface area contributed by atoms with Crippen LogP contribution in [-0.2, 0) is 11.3 Å². The largest absolute Gasteiger partial charge is 0.444 e. The third-order valence-electron chi connectivity index (χ3n) is 6.19. The van der Waals surface area contributed by atoms with Gasteiger partial charge in [0.2, 0.25) is 0 Å². The number of hydrogen-bond donors (Lipinski definition) is 1. The minimum absolute atomic E-state index is 0.127. The van der Waals surface area contributed by atoms with E-state index in [0.717, 1.165) is 29.9 Å². The number of aryl methyl sites for hydroxylation is 1. The zero-order valence-electron chi connectivity index (χ0n) is 19.3. The van der Waals surface area contributed by atoms with Gasteiger partial charge in [0.1, 0.15) is 5.60 Å². The number of pyridine rings is 1. The summed E-state index contributed by atoms with van der Waals surface area (Å²) in [6.07, 6.45) is 3.19. The number of likely N-dealkylation sites (tertiary alicyclic amines) is 1. The van der Waals surface area contributed by atoms with E-state index < -0.39 is 5.60 Å². The number of hydrogen-bond acceptors (Lipinski definition) is 5. The van der Waals surface area contributed by atoms with Crippen molar-refractivity contribution in [1.29, 1.82) is 0 Å². The van der Waals surface area contributed by atoms with E-state index in [1.54, 1.807) is 6.20 Å². The summed E-state index contributed by atoms with van der Waals surface area (Å²) in [5, 5.41) is 3.00. The summed E-state index contributed by atoms with van der Waals surface area (Å²) in [6.45, 7) is 11.3. The molecule has 1 aromatic carbocycles. The van der Waals surface area contributed by atoms with Crippen LogP contribution in [0.3, 0.4) is 0 Å². The van der Waals surface area contributed by atoms with Crippen LogP contribution in [0.5, 0.6) is 0 Å². The van der Waals surface area contributed by atoms with Gasteiger partial charge in [-0.05, 0) is 44.9 Å². The van der Waals surface area contributed by atoms with Crippen LogP contribution in [0.15, 0.2) is 42.7 Å². The highest BCUT2D eigenvalue weighted by Crippen LogP contribution is 2.34. The lowest BCUT2D eigenvalue weighted by Crippen LogP contribution is -2.37. The van der Waals surface area contributed by atoms with Crippen LogP contribution in [0.2, 0.25) is 0 Å². The van der Waals surface area contributed by atoms with Gasteiger partial charge >= 0.3 is 6.09 Å². The maximum absolute atomic E-state index is 12.7. The number of fused-ring (bicyclic) bond motifs is 1. The van der Waals surface area contributed by atoms with Crippen molar-refractivity contribution >= 4 is 17.7 Å². The second-order valence-electron chi connectivity index (χ2n) is 9.85. The smallest absolute Gasteiger partial charge is 0.410 e. The predicted molar refractivity (Wildman–Crippen MR) is 124 cm³/mol. The zero-order valence-corrected chi connectivity index (χ0v) is 19.3. The van der Waals surface area contributed by atoms with E-state index in [1.807, 2.05) is 69.1 Å². The number of anilines is 1. The van der Waals surface area contributed by atoms with Crippen LogP contribution in [-0.4, -0.2) is 53.7 Å². The third kappa shape index (κ3) is 5.03. The van der Waals surface area contributed by atoms with E-state index in [-0.39, 0.29) is 12.0 Å². The molecule has 2 unspecified atom stereocenters. The van der Waals surface area contributed by atoms with E-state index in [0.29, 0.717) is 37.0 Å². The van der Waals surface area contributed by atoms with Gasteiger partial charge in [-0.15, -0.1) is 0 Å². The molecular weight excluding hydrogens is 404 g/mol. The maximum Gasteiger partial charge on any atom is 0.410 e. The molecule has 2 aliphatic rings. The highest BCUT2D eigenvalue weighted by Gasteiger charge is 2.42. The summed E-state index contributed by atoms with van der Waals surface area (Å²) < 4.78 is 5.52. The van der Waals surface area contributed by atoms with Gasteiger partial charge in [-0.25, -0.2) is 4.79 Å². The fourth-order valence-electron chi connectivity index (χ4n) is 4.49. The summed E-state index contributed by atoms with van der Waals surface area (Å²) in [4.78, 5) is 33.5. The van der Waals surface area contributed by atoms with Crippen molar-refractivity contribution in [2.24, 2.45) is 11.8 Å². The molecule has 7 nitrogen and oxygen atoms in total. The van der Waals surface area contributed by atoms with Gasteiger partial charge in [-0.2, -0.15) is 0 Å². The van der Waals surface area contributed by atoms with Crippen LogP contribution in [0, 0.1) is 18.8 Å². The van der Waals surface area contributed by atoms with E-state index >= 15 is 0 Å². The molecule has 0 radical (unpaired) electrons.